The van der Waals surface area contributed by atoms with Gasteiger partial charge in [0.15, 0.2) is 17.5 Å². The summed E-state index contributed by atoms with van der Waals surface area (Å²) in [6, 6.07) is 2.96. The van der Waals surface area contributed by atoms with E-state index >= 15 is 0 Å². The number of benzene rings is 1. The van der Waals surface area contributed by atoms with E-state index in [4.69, 9.17) is 14.4 Å². The van der Waals surface area contributed by atoms with Crippen LogP contribution in [-0.2, 0) is 27.3 Å². The summed E-state index contributed by atoms with van der Waals surface area (Å²) in [6.07, 6.45) is -0.864. The van der Waals surface area contributed by atoms with E-state index in [0.717, 1.165) is 6.07 Å². The highest BCUT2D eigenvalue weighted by Gasteiger charge is 2.37. The molecule has 4 N–H and O–H groups in total. The van der Waals surface area contributed by atoms with Gasteiger partial charge in [-0.25, -0.2) is 8.78 Å². The molecule has 12 heteroatoms. The van der Waals surface area contributed by atoms with Crippen molar-refractivity contribution in [2.45, 2.75) is 44.9 Å². The van der Waals surface area contributed by atoms with E-state index in [1.54, 1.807) is 6.92 Å². The van der Waals surface area contributed by atoms with E-state index in [9.17, 15) is 23.5 Å². The lowest BCUT2D eigenvalue weighted by Gasteiger charge is -2.16. The van der Waals surface area contributed by atoms with Crippen molar-refractivity contribution < 1.29 is 37.9 Å². The van der Waals surface area contributed by atoms with Crippen LogP contribution in [0.2, 0.25) is 0 Å². The van der Waals surface area contributed by atoms with Crippen LogP contribution in [0.4, 0.5) is 8.78 Å². The molecule has 1 aliphatic rings. The van der Waals surface area contributed by atoms with Crippen molar-refractivity contribution >= 4 is 18.3 Å². The summed E-state index contributed by atoms with van der Waals surface area (Å²) in [5.74, 6) is -2.73. The highest BCUT2D eigenvalue weighted by Crippen LogP contribution is 2.26. The Kier molecular flexibility index (Phi) is 8.55. The van der Waals surface area contributed by atoms with Gasteiger partial charge in [0.2, 0.25) is 17.7 Å². The third kappa shape index (κ3) is 6.81. The topological polar surface area (TPSA) is 155 Å². The number of hydrogen-bond acceptors (Lipinski definition) is 7. The number of carboxylic acid groups (broad SMARTS) is 1. The summed E-state index contributed by atoms with van der Waals surface area (Å²) in [5, 5.41) is 26.0. The lowest BCUT2D eigenvalue weighted by Crippen LogP contribution is -2.41. The van der Waals surface area contributed by atoms with Crippen LogP contribution >= 0.6 is 0 Å². The van der Waals surface area contributed by atoms with Gasteiger partial charge >= 0.3 is 0 Å². The SMILES string of the molecule is Cc1nc(CNC(=O)[C@@H]2C[C@@H](O)[C@H](NC(=O)Cc3cccc(F)c3F)C2)no1.O=CO. The Bertz CT molecular complexity index is 923. The predicted octanol–water partition coefficient (Wildman–Crippen LogP) is 0.472. The van der Waals surface area contributed by atoms with Gasteiger partial charge in [-0.1, -0.05) is 17.3 Å². The molecule has 0 spiro atoms. The van der Waals surface area contributed by atoms with Crippen molar-refractivity contribution in [2.75, 3.05) is 0 Å². The van der Waals surface area contributed by atoms with Crippen LogP contribution in [0.25, 0.3) is 0 Å². The molecule has 1 aliphatic carbocycles. The molecule has 2 amide bonds. The van der Waals surface area contributed by atoms with Crippen LogP contribution in [0.5, 0.6) is 0 Å². The Morgan fingerprint density at radius 3 is 2.68 bits per heavy atom. The van der Waals surface area contributed by atoms with Crippen LogP contribution in [0.15, 0.2) is 22.7 Å². The summed E-state index contributed by atoms with van der Waals surface area (Å²) in [7, 11) is 0. The second-order valence-electron chi connectivity index (χ2n) is 6.85. The van der Waals surface area contributed by atoms with E-state index in [1.807, 2.05) is 0 Å². The third-order valence-electron chi connectivity index (χ3n) is 4.62. The molecule has 1 heterocycles. The Morgan fingerprint density at radius 1 is 1.32 bits per heavy atom. The molecule has 0 radical (unpaired) electrons. The molecule has 2 aromatic rings. The molecule has 31 heavy (non-hydrogen) atoms. The van der Waals surface area contributed by atoms with E-state index in [2.05, 4.69) is 20.8 Å². The molecule has 1 saturated carbocycles. The van der Waals surface area contributed by atoms with E-state index in [0.29, 0.717) is 11.7 Å². The molecule has 0 aliphatic heterocycles. The third-order valence-corrected chi connectivity index (χ3v) is 4.62. The van der Waals surface area contributed by atoms with Crippen molar-refractivity contribution in [1.82, 2.24) is 20.8 Å². The number of carbonyl (C=O) groups excluding carboxylic acids is 2. The number of rotatable bonds is 6. The quantitative estimate of drug-likeness (QED) is 0.473. The molecule has 3 rings (SSSR count). The fraction of sp³-hybridized carbons (Fsp3) is 0.421. The molecule has 10 nitrogen and oxygen atoms in total. The van der Waals surface area contributed by atoms with E-state index in [-0.39, 0.29) is 43.8 Å². The number of hydrogen-bond donors (Lipinski definition) is 4. The van der Waals surface area contributed by atoms with Gasteiger partial charge in [-0.3, -0.25) is 14.4 Å². The first kappa shape index (κ1) is 23.9. The molecule has 1 aromatic heterocycles. The van der Waals surface area contributed by atoms with Crippen LogP contribution in [0, 0.1) is 24.5 Å². The normalized spacial score (nSPS) is 19.8. The molecular weight excluding hydrogens is 418 g/mol. The zero-order chi connectivity index (χ0) is 23.0. The zero-order valence-corrected chi connectivity index (χ0v) is 16.5. The zero-order valence-electron chi connectivity index (χ0n) is 16.5. The minimum atomic E-state index is -1.07. The van der Waals surface area contributed by atoms with Crippen LogP contribution in [0.3, 0.4) is 0 Å². The van der Waals surface area contributed by atoms with Gasteiger partial charge in [0, 0.05) is 18.4 Å². The minimum absolute atomic E-state index is 0.0744. The van der Waals surface area contributed by atoms with Crippen molar-refractivity contribution in [2.24, 2.45) is 5.92 Å². The second-order valence-corrected chi connectivity index (χ2v) is 6.85. The molecule has 1 fully saturated rings. The number of aliphatic hydroxyl groups excluding tert-OH is 1. The van der Waals surface area contributed by atoms with E-state index < -0.39 is 35.6 Å². The molecule has 168 valence electrons. The van der Waals surface area contributed by atoms with Gasteiger partial charge in [0.05, 0.1) is 25.1 Å². The number of aromatic nitrogens is 2. The number of amides is 2. The smallest absolute Gasteiger partial charge is 0.290 e. The maximum Gasteiger partial charge on any atom is 0.290 e. The molecule has 0 unspecified atom stereocenters. The summed E-state index contributed by atoms with van der Waals surface area (Å²) in [6.45, 7) is 1.48. The number of nitrogens with zero attached hydrogens (tertiary/aromatic N) is 2. The summed E-state index contributed by atoms with van der Waals surface area (Å²) in [4.78, 5) is 36.7. The fourth-order valence-electron chi connectivity index (χ4n) is 3.22. The number of halogens is 2. The first-order valence-corrected chi connectivity index (χ1v) is 9.30. The maximum atomic E-state index is 13.7. The number of nitrogens with one attached hydrogen (secondary N) is 2. The Morgan fingerprint density at radius 2 is 2.03 bits per heavy atom. The second kappa shape index (κ2) is 11.1. The Labute approximate surface area is 175 Å². The van der Waals surface area contributed by atoms with Crippen molar-refractivity contribution in [3.8, 4) is 0 Å². The fourth-order valence-corrected chi connectivity index (χ4v) is 3.22. The summed E-state index contributed by atoms with van der Waals surface area (Å²) >= 11 is 0. The van der Waals surface area contributed by atoms with Crippen molar-refractivity contribution in [3.63, 3.8) is 0 Å². The van der Waals surface area contributed by atoms with E-state index in [1.165, 1.54) is 12.1 Å². The van der Waals surface area contributed by atoms with Gasteiger partial charge in [0.1, 0.15) is 0 Å². The van der Waals surface area contributed by atoms with Gasteiger partial charge in [-0.15, -0.1) is 0 Å². The largest absolute Gasteiger partial charge is 0.483 e. The average molecular weight is 440 g/mol. The van der Waals surface area contributed by atoms with Gasteiger partial charge in [0.25, 0.3) is 6.47 Å². The molecule has 0 bridgehead atoms. The number of aryl methyl sites for hydroxylation is 1. The Hall–Kier alpha value is -3.41. The first-order valence-electron chi connectivity index (χ1n) is 9.30. The molecule has 1 aromatic carbocycles. The standard InChI is InChI=1S/C18H20F2N4O4.CH2O2/c1-9-22-15(24-28-9)8-21-18(27)11-5-13(14(25)6-11)23-16(26)7-10-3-2-4-12(19)17(10)20;2-1-3/h2-4,11,13-14,25H,5-8H2,1H3,(H,21,27)(H,23,26);1H,(H,2,3)/t11-,13+,14+;/m0./s1. The highest BCUT2D eigenvalue weighted by atomic mass is 19.2. The van der Waals surface area contributed by atoms with Gasteiger partial charge in [-0.05, 0) is 18.9 Å². The first-order chi connectivity index (χ1) is 14.7. The lowest BCUT2D eigenvalue weighted by atomic mass is 10.1. The highest BCUT2D eigenvalue weighted by molar-refractivity contribution is 5.81. The molecule has 3 atom stereocenters. The monoisotopic (exact) mass is 440 g/mol. The molecular formula is C19H22F2N4O6. The predicted molar refractivity (Wildman–Crippen MR) is 100 cm³/mol. The van der Waals surface area contributed by atoms with Gasteiger partial charge < -0.3 is 25.4 Å². The summed E-state index contributed by atoms with van der Waals surface area (Å²) in [5.41, 5.74) is -0.0744. The summed E-state index contributed by atoms with van der Waals surface area (Å²) < 4.78 is 31.7. The van der Waals surface area contributed by atoms with Crippen LogP contribution in [-0.4, -0.2) is 50.8 Å². The molecule has 0 saturated heterocycles. The number of carbonyl (C=O) groups is 3. The maximum absolute atomic E-state index is 13.7. The Balaban J connectivity index is 0.00000107. The van der Waals surface area contributed by atoms with Gasteiger partial charge in [-0.2, -0.15) is 4.98 Å². The van der Waals surface area contributed by atoms with Crippen molar-refractivity contribution in [1.29, 1.82) is 0 Å². The van der Waals surface area contributed by atoms with Crippen molar-refractivity contribution in [3.05, 3.63) is 47.1 Å². The lowest BCUT2D eigenvalue weighted by molar-refractivity contribution is -0.125. The number of aliphatic hydroxyl groups is 1. The van der Waals surface area contributed by atoms with Crippen LogP contribution in [0.1, 0.15) is 30.1 Å². The average Bonchev–Trinajstić information content (AvgIpc) is 3.30. The van der Waals surface area contributed by atoms with Crippen LogP contribution < -0.4 is 10.6 Å². The minimum Gasteiger partial charge on any atom is -0.483 e.